The largest absolute Gasteiger partial charge is 0.307 e. The summed E-state index contributed by atoms with van der Waals surface area (Å²) >= 11 is 2.07. The first-order chi connectivity index (χ1) is 7.36. The summed E-state index contributed by atoms with van der Waals surface area (Å²) in [6.45, 7) is 2.23. The van der Waals surface area contributed by atoms with Gasteiger partial charge in [-0.25, -0.2) is 0 Å². The van der Waals surface area contributed by atoms with Crippen LogP contribution in [0, 0.1) is 0 Å². The maximum atomic E-state index is 4.04. The lowest BCUT2D eigenvalue weighted by atomic mass is 10.1. The Morgan fingerprint density at radius 3 is 2.67 bits per heavy atom. The highest BCUT2D eigenvalue weighted by Gasteiger charge is 2.16. The van der Waals surface area contributed by atoms with E-state index in [1.807, 2.05) is 12.4 Å². The van der Waals surface area contributed by atoms with E-state index in [0.717, 1.165) is 0 Å². The van der Waals surface area contributed by atoms with Gasteiger partial charge >= 0.3 is 0 Å². The van der Waals surface area contributed by atoms with Gasteiger partial charge in [0.2, 0.25) is 0 Å². The molecule has 1 aliphatic heterocycles. The monoisotopic (exact) mass is 222 g/mol. The molecule has 1 aliphatic rings. The van der Waals surface area contributed by atoms with Crippen molar-refractivity contribution < 1.29 is 0 Å². The van der Waals surface area contributed by atoms with Gasteiger partial charge in [-0.3, -0.25) is 4.98 Å². The van der Waals surface area contributed by atoms with E-state index in [2.05, 4.69) is 41.1 Å². The van der Waals surface area contributed by atoms with Gasteiger partial charge in [0.05, 0.1) is 0 Å². The number of aromatic nitrogens is 1. The van der Waals surface area contributed by atoms with Crippen LogP contribution < -0.4 is 5.32 Å². The predicted octanol–water partition coefficient (Wildman–Crippen LogP) is 2.63. The minimum absolute atomic E-state index is 0.445. The molecule has 0 radical (unpaired) electrons. The molecule has 0 spiro atoms. The summed E-state index contributed by atoms with van der Waals surface area (Å²) in [5.41, 5.74) is 1.34. The van der Waals surface area contributed by atoms with Crippen molar-refractivity contribution in [3.63, 3.8) is 0 Å². The average Bonchev–Trinajstić information content (AvgIpc) is 2.31. The second kappa shape index (κ2) is 5.52. The van der Waals surface area contributed by atoms with Gasteiger partial charge in [0.15, 0.2) is 0 Å². The Kier molecular flexibility index (Phi) is 4.03. The lowest BCUT2D eigenvalue weighted by Gasteiger charge is -2.26. The standard InChI is InChI=1S/C12H18N2S/c1-10(11-2-6-13-7-3-11)14-12-4-8-15-9-5-12/h2-3,6-7,10,12,14H,4-5,8-9H2,1H3/t10-/m0/s1. The summed E-state index contributed by atoms with van der Waals surface area (Å²) in [6.07, 6.45) is 6.34. The van der Waals surface area contributed by atoms with Crippen molar-refractivity contribution in [2.24, 2.45) is 0 Å². The van der Waals surface area contributed by atoms with Gasteiger partial charge in [-0.2, -0.15) is 11.8 Å². The van der Waals surface area contributed by atoms with Gasteiger partial charge in [0.1, 0.15) is 0 Å². The molecule has 2 nitrogen and oxygen atoms in total. The topological polar surface area (TPSA) is 24.9 Å². The molecule has 0 bridgehead atoms. The Labute approximate surface area is 95.9 Å². The minimum Gasteiger partial charge on any atom is -0.307 e. The highest BCUT2D eigenvalue weighted by atomic mass is 32.2. The first kappa shape index (κ1) is 11.0. The van der Waals surface area contributed by atoms with E-state index >= 15 is 0 Å². The van der Waals surface area contributed by atoms with Crippen LogP contribution in [0.1, 0.15) is 31.4 Å². The number of thioether (sulfide) groups is 1. The second-order valence-corrected chi connectivity index (χ2v) is 5.28. The molecule has 0 amide bonds. The van der Waals surface area contributed by atoms with Crippen LogP contribution in [0.4, 0.5) is 0 Å². The van der Waals surface area contributed by atoms with Crippen LogP contribution in [0.5, 0.6) is 0 Å². The van der Waals surface area contributed by atoms with Crippen molar-refractivity contribution in [3.05, 3.63) is 30.1 Å². The van der Waals surface area contributed by atoms with Crippen LogP contribution in [0.25, 0.3) is 0 Å². The van der Waals surface area contributed by atoms with Gasteiger partial charge in [-0.1, -0.05) is 0 Å². The maximum absolute atomic E-state index is 4.04. The number of nitrogens with one attached hydrogen (secondary N) is 1. The van der Waals surface area contributed by atoms with E-state index in [0.29, 0.717) is 12.1 Å². The zero-order valence-electron chi connectivity index (χ0n) is 9.15. The average molecular weight is 222 g/mol. The molecule has 15 heavy (non-hydrogen) atoms. The lowest BCUT2D eigenvalue weighted by Crippen LogP contribution is -2.34. The van der Waals surface area contributed by atoms with Crippen molar-refractivity contribution in [2.45, 2.75) is 31.8 Å². The van der Waals surface area contributed by atoms with E-state index in [4.69, 9.17) is 0 Å². The van der Waals surface area contributed by atoms with E-state index in [9.17, 15) is 0 Å². The van der Waals surface area contributed by atoms with Crippen LogP contribution in [-0.4, -0.2) is 22.5 Å². The summed E-state index contributed by atoms with van der Waals surface area (Å²) in [5, 5.41) is 3.69. The fraction of sp³-hybridized carbons (Fsp3) is 0.583. The van der Waals surface area contributed by atoms with E-state index in [1.54, 1.807) is 0 Å². The molecule has 2 rings (SSSR count). The molecule has 0 aliphatic carbocycles. The molecule has 2 heterocycles. The first-order valence-corrected chi connectivity index (χ1v) is 6.75. The van der Waals surface area contributed by atoms with Crippen molar-refractivity contribution in [3.8, 4) is 0 Å². The molecule has 1 N–H and O–H groups in total. The molecule has 0 unspecified atom stereocenters. The van der Waals surface area contributed by atoms with E-state index in [1.165, 1.54) is 29.9 Å². The quantitative estimate of drug-likeness (QED) is 0.851. The van der Waals surface area contributed by atoms with Gasteiger partial charge < -0.3 is 5.32 Å². The third-order valence-corrected chi connectivity index (χ3v) is 3.96. The number of hydrogen-bond acceptors (Lipinski definition) is 3. The van der Waals surface area contributed by atoms with Gasteiger partial charge in [-0.05, 0) is 49.0 Å². The molecule has 82 valence electrons. The van der Waals surface area contributed by atoms with Crippen LogP contribution in [0.15, 0.2) is 24.5 Å². The predicted molar refractivity (Wildman–Crippen MR) is 66.1 cm³/mol. The maximum Gasteiger partial charge on any atom is 0.0295 e. The third-order valence-electron chi connectivity index (χ3n) is 2.91. The van der Waals surface area contributed by atoms with Gasteiger partial charge in [0.25, 0.3) is 0 Å². The van der Waals surface area contributed by atoms with Crippen LogP contribution in [0.3, 0.4) is 0 Å². The number of nitrogens with zero attached hydrogens (tertiary/aromatic N) is 1. The Morgan fingerprint density at radius 1 is 1.33 bits per heavy atom. The molecule has 1 saturated heterocycles. The number of rotatable bonds is 3. The lowest BCUT2D eigenvalue weighted by molar-refractivity contribution is 0.431. The Bertz CT molecular complexity index is 283. The molecule has 0 aromatic carbocycles. The molecule has 1 aromatic rings. The van der Waals surface area contributed by atoms with Gasteiger partial charge in [0, 0.05) is 24.5 Å². The fourth-order valence-electron chi connectivity index (χ4n) is 1.97. The van der Waals surface area contributed by atoms with Crippen molar-refractivity contribution in [1.29, 1.82) is 0 Å². The summed E-state index contributed by atoms with van der Waals surface area (Å²) in [7, 11) is 0. The van der Waals surface area contributed by atoms with E-state index in [-0.39, 0.29) is 0 Å². The molecule has 3 heteroatoms. The molecule has 1 atom stereocenters. The summed E-state index contributed by atoms with van der Waals surface area (Å²) in [6, 6.07) is 5.33. The fourth-order valence-corrected chi connectivity index (χ4v) is 3.07. The highest BCUT2D eigenvalue weighted by Crippen LogP contribution is 2.20. The highest BCUT2D eigenvalue weighted by molar-refractivity contribution is 7.99. The SMILES string of the molecule is C[C@H](NC1CCSCC1)c1ccncc1. The van der Waals surface area contributed by atoms with Crippen LogP contribution in [0.2, 0.25) is 0 Å². The number of pyridine rings is 1. The zero-order chi connectivity index (χ0) is 10.5. The van der Waals surface area contributed by atoms with Gasteiger partial charge in [-0.15, -0.1) is 0 Å². The Hall–Kier alpha value is -0.540. The number of hydrogen-bond donors (Lipinski definition) is 1. The minimum atomic E-state index is 0.445. The molecule has 0 saturated carbocycles. The van der Waals surface area contributed by atoms with Crippen molar-refractivity contribution in [1.82, 2.24) is 10.3 Å². The first-order valence-electron chi connectivity index (χ1n) is 5.60. The van der Waals surface area contributed by atoms with Crippen LogP contribution in [-0.2, 0) is 0 Å². The van der Waals surface area contributed by atoms with Crippen molar-refractivity contribution >= 4 is 11.8 Å². The molecule has 1 fully saturated rings. The second-order valence-electron chi connectivity index (χ2n) is 4.06. The molecular formula is C12H18N2S. The van der Waals surface area contributed by atoms with E-state index < -0.39 is 0 Å². The summed E-state index contributed by atoms with van der Waals surface area (Å²) in [5.74, 6) is 2.61. The molecule has 1 aromatic heterocycles. The van der Waals surface area contributed by atoms with Crippen LogP contribution >= 0.6 is 11.8 Å². The smallest absolute Gasteiger partial charge is 0.0295 e. The summed E-state index contributed by atoms with van der Waals surface area (Å²) in [4.78, 5) is 4.04. The Morgan fingerprint density at radius 2 is 2.00 bits per heavy atom. The Balaban J connectivity index is 1.88. The summed E-state index contributed by atoms with van der Waals surface area (Å²) < 4.78 is 0. The zero-order valence-corrected chi connectivity index (χ0v) is 9.96. The normalized spacial score (nSPS) is 20.1. The molecular weight excluding hydrogens is 204 g/mol. The third kappa shape index (κ3) is 3.21. The van der Waals surface area contributed by atoms with Crippen molar-refractivity contribution in [2.75, 3.05) is 11.5 Å².